The van der Waals surface area contributed by atoms with Gasteiger partial charge in [-0.05, 0) is 40.2 Å². The van der Waals surface area contributed by atoms with Crippen molar-refractivity contribution in [2.24, 2.45) is 0 Å². The van der Waals surface area contributed by atoms with Crippen molar-refractivity contribution >= 4 is 27.5 Å². The normalized spacial score (nSPS) is 10.2. The number of halogens is 2. The number of hydrogen-bond acceptors (Lipinski definition) is 2. The highest BCUT2D eigenvalue weighted by molar-refractivity contribution is 9.10. The quantitative estimate of drug-likeness (QED) is 0.853. The summed E-state index contributed by atoms with van der Waals surface area (Å²) in [6.45, 7) is 0.132. The van der Waals surface area contributed by atoms with Crippen LogP contribution in [0.3, 0.4) is 0 Å². The summed E-state index contributed by atoms with van der Waals surface area (Å²) < 4.78 is 14.1. The summed E-state index contributed by atoms with van der Waals surface area (Å²) in [5.41, 5.74) is 7.00. The van der Waals surface area contributed by atoms with Crippen LogP contribution in [0.25, 0.3) is 0 Å². The lowest BCUT2D eigenvalue weighted by Gasteiger charge is -2.08. The first-order chi connectivity index (χ1) is 9.08. The van der Waals surface area contributed by atoms with Gasteiger partial charge in [0, 0.05) is 22.3 Å². The van der Waals surface area contributed by atoms with Crippen LogP contribution >= 0.6 is 15.9 Å². The molecule has 0 saturated heterocycles. The molecule has 0 spiro atoms. The number of nitrogens with one attached hydrogen (secondary N) is 1. The van der Waals surface area contributed by atoms with Gasteiger partial charge in [0.05, 0.1) is 5.56 Å². The molecule has 0 aliphatic rings. The zero-order chi connectivity index (χ0) is 13.8. The molecule has 19 heavy (non-hydrogen) atoms. The van der Waals surface area contributed by atoms with Crippen LogP contribution in [0.4, 0.5) is 10.1 Å². The predicted octanol–water partition coefficient (Wildman–Crippen LogP) is 3.10. The average molecular weight is 323 g/mol. The Kier molecular flexibility index (Phi) is 4.16. The summed E-state index contributed by atoms with van der Waals surface area (Å²) >= 11 is 3.28. The Labute approximate surface area is 118 Å². The average Bonchev–Trinajstić information content (AvgIpc) is 2.40. The lowest BCUT2D eigenvalue weighted by Crippen LogP contribution is -2.23. The van der Waals surface area contributed by atoms with Crippen molar-refractivity contribution in [2.45, 2.75) is 6.54 Å². The van der Waals surface area contributed by atoms with E-state index in [1.807, 2.05) is 0 Å². The number of hydrogen-bond donors (Lipinski definition) is 2. The molecule has 0 atom stereocenters. The molecule has 0 aromatic heterocycles. The molecular formula is C14H12BrFN2O. The first-order valence-electron chi connectivity index (χ1n) is 5.64. The van der Waals surface area contributed by atoms with Gasteiger partial charge in [0.15, 0.2) is 0 Å². The van der Waals surface area contributed by atoms with Crippen LogP contribution in [0.5, 0.6) is 0 Å². The zero-order valence-electron chi connectivity index (χ0n) is 9.99. The molecule has 3 nitrogen and oxygen atoms in total. The van der Waals surface area contributed by atoms with Crippen molar-refractivity contribution in [1.29, 1.82) is 0 Å². The summed E-state index contributed by atoms with van der Waals surface area (Å²) in [6.07, 6.45) is 0. The first-order valence-corrected chi connectivity index (χ1v) is 6.44. The molecule has 1 amide bonds. The van der Waals surface area contributed by atoms with E-state index in [0.717, 1.165) is 0 Å². The third-order valence-corrected chi connectivity index (χ3v) is 3.32. The fourth-order valence-corrected chi connectivity index (χ4v) is 2.06. The molecule has 0 aliphatic carbocycles. The van der Waals surface area contributed by atoms with E-state index < -0.39 is 0 Å². The minimum atomic E-state index is -0.338. The van der Waals surface area contributed by atoms with Gasteiger partial charge in [-0.3, -0.25) is 4.79 Å². The van der Waals surface area contributed by atoms with Gasteiger partial charge < -0.3 is 11.1 Å². The summed E-state index contributed by atoms with van der Waals surface area (Å²) in [6, 6.07) is 11.3. The van der Waals surface area contributed by atoms with Gasteiger partial charge in [-0.1, -0.05) is 18.2 Å². The SMILES string of the molecule is Nc1ccc(Br)c(C(=O)NCc2ccccc2F)c1. The minimum absolute atomic E-state index is 0.132. The van der Waals surface area contributed by atoms with Gasteiger partial charge in [0.1, 0.15) is 5.82 Å². The fraction of sp³-hybridized carbons (Fsp3) is 0.0714. The maximum absolute atomic E-state index is 13.4. The van der Waals surface area contributed by atoms with Crippen LogP contribution < -0.4 is 11.1 Å². The molecule has 2 rings (SSSR count). The number of carbonyl (C=O) groups is 1. The topological polar surface area (TPSA) is 55.1 Å². The van der Waals surface area contributed by atoms with Gasteiger partial charge >= 0.3 is 0 Å². The zero-order valence-corrected chi connectivity index (χ0v) is 11.6. The van der Waals surface area contributed by atoms with Crippen LogP contribution in [0.1, 0.15) is 15.9 Å². The molecule has 0 fully saturated rings. The molecule has 0 saturated carbocycles. The highest BCUT2D eigenvalue weighted by atomic mass is 79.9. The smallest absolute Gasteiger partial charge is 0.252 e. The Hall–Kier alpha value is -1.88. The Balaban J connectivity index is 2.10. The number of rotatable bonds is 3. The Morgan fingerprint density at radius 3 is 2.74 bits per heavy atom. The van der Waals surface area contributed by atoms with E-state index in [9.17, 15) is 9.18 Å². The van der Waals surface area contributed by atoms with Gasteiger partial charge in [-0.25, -0.2) is 4.39 Å². The summed E-state index contributed by atoms with van der Waals surface area (Å²) in [4.78, 5) is 12.0. The Morgan fingerprint density at radius 2 is 2.00 bits per heavy atom. The van der Waals surface area contributed by atoms with Gasteiger partial charge in [0.25, 0.3) is 5.91 Å². The van der Waals surface area contributed by atoms with Crippen LogP contribution in [0, 0.1) is 5.82 Å². The lowest BCUT2D eigenvalue weighted by molar-refractivity contribution is 0.0950. The minimum Gasteiger partial charge on any atom is -0.399 e. The van der Waals surface area contributed by atoms with E-state index in [1.54, 1.807) is 36.4 Å². The molecule has 2 aromatic carbocycles. The second-order valence-corrected chi connectivity index (χ2v) is 4.87. The van der Waals surface area contributed by atoms with Crippen LogP contribution in [-0.4, -0.2) is 5.91 Å². The lowest BCUT2D eigenvalue weighted by atomic mass is 10.1. The van der Waals surface area contributed by atoms with Crippen molar-refractivity contribution in [3.05, 3.63) is 63.9 Å². The number of anilines is 1. The highest BCUT2D eigenvalue weighted by Gasteiger charge is 2.11. The van der Waals surface area contributed by atoms with Gasteiger partial charge in [-0.15, -0.1) is 0 Å². The third kappa shape index (κ3) is 3.32. The van der Waals surface area contributed by atoms with Crippen molar-refractivity contribution in [2.75, 3.05) is 5.73 Å². The molecule has 2 aromatic rings. The molecular weight excluding hydrogens is 311 g/mol. The monoisotopic (exact) mass is 322 g/mol. The van der Waals surface area contributed by atoms with E-state index in [1.165, 1.54) is 6.07 Å². The van der Waals surface area contributed by atoms with Crippen molar-refractivity contribution in [1.82, 2.24) is 5.32 Å². The summed E-state index contributed by atoms with van der Waals surface area (Å²) in [5, 5.41) is 2.66. The standard InChI is InChI=1S/C14H12BrFN2O/c15-12-6-5-10(17)7-11(12)14(19)18-8-9-3-1-2-4-13(9)16/h1-7H,8,17H2,(H,18,19). The predicted molar refractivity (Wildman–Crippen MR) is 76.1 cm³/mol. The van der Waals surface area contributed by atoms with Crippen LogP contribution in [0.15, 0.2) is 46.9 Å². The van der Waals surface area contributed by atoms with Crippen molar-refractivity contribution in [3.8, 4) is 0 Å². The number of benzene rings is 2. The third-order valence-electron chi connectivity index (χ3n) is 2.63. The Bertz CT molecular complexity index is 616. The van der Waals surface area contributed by atoms with E-state index in [2.05, 4.69) is 21.2 Å². The highest BCUT2D eigenvalue weighted by Crippen LogP contribution is 2.19. The van der Waals surface area contributed by atoms with Gasteiger partial charge in [0.2, 0.25) is 0 Å². The molecule has 0 unspecified atom stereocenters. The maximum Gasteiger partial charge on any atom is 0.252 e. The van der Waals surface area contributed by atoms with E-state index in [-0.39, 0.29) is 18.3 Å². The second-order valence-electron chi connectivity index (χ2n) is 4.01. The molecule has 0 radical (unpaired) electrons. The molecule has 5 heteroatoms. The van der Waals surface area contributed by atoms with Crippen LogP contribution in [0.2, 0.25) is 0 Å². The molecule has 98 valence electrons. The molecule has 0 heterocycles. The van der Waals surface area contributed by atoms with E-state index >= 15 is 0 Å². The van der Waals surface area contributed by atoms with Gasteiger partial charge in [-0.2, -0.15) is 0 Å². The number of nitrogen functional groups attached to an aromatic ring is 1. The largest absolute Gasteiger partial charge is 0.399 e. The summed E-state index contributed by atoms with van der Waals surface area (Å²) in [7, 11) is 0. The number of nitrogens with two attached hydrogens (primary N) is 1. The molecule has 3 N–H and O–H groups in total. The maximum atomic E-state index is 13.4. The molecule has 0 bridgehead atoms. The van der Waals surface area contributed by atoms with E-state index in [0.29, 0.717) is 21.3 Å². The summed E-state index contributed by atoms with van der Waals surface area (Å²) in [5.74, 6) is -0.642. The number of amides is 1. The Morgan fingerprint density at radius 1 is 1.26 bits per heavy atom. The first kappa shape index (κ1) is 13.5. The van der Waals surface area contributed by atoms with Crippen molar-refractivity contribution in [3.63, 3.8) is 0 Å². The number of carbonyl (C=O) groups excluding carboxylic acids is 1. The molecule has 0 aliphatic heterocycles. The second kappa shape index (κ2) is 5.84. The van der Waals surface area contributed by atoms with Crippen molar-refractivity contribution < 1.29 is 9.18 Å². The fourth-order valence-electron chi connectivity index (χ4n) is 1.63. The van der Waals surface area contributed by atoms with Crippen LogP contribution in [-0.2, 0) is 6.54 Å². The van der Waals surface area contributed by atoms with E-state index in [4.69, 9.17) is 5.73 Å².